The number of likely N-dealkylation sites (tertiary alicyclic amines) is 1. The van der Waals surface area contributed by atoms with Gasteiger partial charge in [0.1, 0.15) is 12.6 Å². The van der Waals surface area contributed by atoms with E-state index in [-0.39, 0.29) is 42.0 Å². The summed E-state index contributed by atoms with van der Waals surface area (Å²) in [5, 5.41) is 2.70. The van der Waals surface area contributed by atoms with Gasteiger partial charge in [-0.1, -0.05) is 30.3 Å². The van der Waals surface area contributed by atoms with Crippen molar-refractivity contribution in [3.63, 3.8) is 0 Å². The molecule has 3 unspecified atom stereocenters. The standard InChI is InChI=1S/C25H37N3O5/c1-25(2,3)27(4)18-11-12-21(19(15-18)23(30)32-5)28-14-13-20(22(28)29)26-24(31)33-16-17-9-7-6-8-10-17/h6-10,18-21H,11-16H2,1-5H3,(H,26,31)/t18?,19?,20-,21?/m0/s1. The summed E-state index contributed by atoms with van der Waals surface area (Å²) in [6.07, 6.45) is 2.15. The van der Waals surface area contributed by atoms with Crippen LogP contribution in [0.5, 0.6) is 0 Å². The Morgan fingerprint density at radius 2 is 1.85 bits per heavy atom. The lowest BCUT2D eigenvalue weighted by Gasteiger charge is -2.46. The Bertz CT molecular complexity index is 838. The molecule has 1 aliphatic heterocycles. The summed E-state index contributed by atoms with van der Waals surface area (Å²) < 4.78 is 10.4. The maximum absolute atomic E-state index is 13.1. The predicted molar refractivity (Wildman–Crippen MR) is 124 cm³/mol. The van der Waals surface area contributed by atoms with Gasteiger partial charge in [0.05, 0.1) is 13.0 Å². The molecule has 0 bridgehead atoms. The zero-order chi connectivity index (χ0) is 24.2. The largest absolute Gasteiger partial charge is 0.469 e. The Morgan fingerprint density at radius 1 is 1.15 bits per heavy atom. The average molecular weight is 460 g/mol. The minimum Gasteiger partial charge on any atom is -0.469 e. The van der Waals surface area contributed by atoms with E-state index in [9.17, 15) is 14.4 Å². The number of carbonyl (C=O) groups excluding carboxylic acids is 3. The molecule has 1 saturated heterocycles. The van der Waals surface area contributed by atoms with Crippen molar-refractivity contribution in [3.05, 3.63) is 35.9 Å². The van der Waals surface area contributed by atoms with Crippen molar-refractivity contribution in [2.45, 2.75) is 76.7 Å². The van der Waals surface area contributed by atoms with Gasteiger partial charge in [0.2, 0.25) is 5.91 Å². The van der Waals surface area contributed by atoms with Gasteiger partial charge in [-0.25, -0.2) is 4.79 Å². The second-order valence-electron chi connectivity index (χ2n) is 10.0. The lowest BCUT2D eigenvalue weighted by Crippen LogP contribution is -2.55. The van der Waals surface area contributed by atoms with Crippen LogP contribution < -0.4 is 5.32 Å². The van der Waals surface area contributed by atoms with Gasteiger partial charge in [-0.3, -0.25) is 14.5 Å². The number of carbonyl (C=O) groups is 3. The van der Waals surface area contributed by atoms with Crippen LogP contribution in [0.3, 0.4) is 0 Å². The van der Waals surface area contributed by atoms with Crippen LogP contribution >= 0.6 is 0 Å². The van der Waals surface area contributed by atoms with Gasteiger partial charge in [-0.2, -0.15) is 0 Å². The molecule has 1 N–H and O–H groups in total. The number of esters is 1. The highest BCUT2D eigenvalue weighted by Crippen LogP contribution is 2.36. The Morgan fingerprint density at radius 3 is 2.48 bits per heavy atom. The second kappa shape index (κ2) is 10.5. The van der Waals surface area contributed by atoms with E-state index in [0.717, 1.165) is 18.4 Å². The highest BCUT2D eigenvalue weighted by Gasteiger charge is 2.46. The molecule has 1 saturated carbocycles. The van der Waals surface area contributed by atoms with Crippen LogP contribution in [0.25, 0.3) is 0 Å². The predicted octanol–water partition coefficient (Wildman–Crippen LogP) is 2.95. The number of hydrogen-bond donors (Lipinski definition) is 1. The zero-order valence-corrected chi connectivity index (χ0v) is 20.4. The molecular formula is C25H37N3O5. The number of rotatable bonds is 6. The second-order valence-corrected chi connectivity index (χ2v) is 10.0. The summed E-state index contributed by atoms with van der Waals surface area (Å²) in [6.45, 7) is 7.11. The van der Waals surface area contributed by atoms with Crippen LogP contribution in [-0.2, 0) is 25.7 Å². The lowest BCUT2D eigenvalue weighted by molar-refractivity contribution is -0.152. The van der Waals surface area contributed by atoms with Gasteiger partial charge in [0, 0.05) is 24.2 Å². The Balaban J connectivity index is 1.60. The Labute approximate surface area is 196 Å². The van der Waals surface area contributed by atoms with Gasteiger partial charge in [0.15, 0.2) is 0 Å². The van der Waals surface area contributed by atoms with Crippen molar-refractivity contribution >= 4 is 18.0 Å². The molecule has 0 aromatic heterocycles. The third-order valence-electron chi connectivity index (χ3n) is 7.04. The molecule has 0 spiro atoms. The van der Waals surface area contributed by atoms with E-state index in [1.165, 1.54) is 7.11 Å². The van der Waals surface area contributed by atoms with Crippen molar-refractivity contribution in [3.8, 4) is 0 Å². The van der Waals surface area contributed by atoms with Gasteiger partial charge in [-0.15, -0.1) is 0 Å². The third kappa shape index (κ3) is 6.05. The first kappa shape index (κ1) is 25.0. The minimum atomic E-state index is -0.637. The fourth-order valence-electron chi connectivity index (χ4n) is 4.88. The molecule has 8 nitrogen and oxygen atoms in total. The summed E-state index contributed by atoms with van der Waals surface area (Å²) in [4.78, 5) is 42.1. The van der Waals surface area contributed by atoms with Crippen LogP contribution in [0.4, 0.5) is 4.79 Å². The van der Waals surface area contributed by atoms with Gasteiger partial charge < -0.3 is 19.7 Å². The Kier molecular flexibility index (Phi) is 8.00. The maximum Gasteiger partial charge on any atom is 0.408 e. The quantitative estimate of drug-likeness (QED) is 0.658. The molecule has 182 valence electrons. The van der Waals surface area contributed by atoms with E-state index in [4.69, 9.17) is 9.47 Å². The zero-order valence-electron chi connectivity index (χ0n) is 20.4. The molecule has 3 rings (SSSR count). The normalized spacial score (nSPS) is 25.8. The van der Waals surface area contributed by atoms with E-state index in [2.05, 4.69) is 38.0 Å². The number of alkyl carbamates (subject to hydrolysis) is 1. The Hall–Kier alpha value is -2.61. The van der Waals surface area contributed by atoms with Crippen LogP contribution in [0.15, 0.2) is 30.3 Å². The first-order valence-electron chi connectivity index (χ1n) is 11.7. The van der Waals surface area contributed by atoms with Crippen molar-refractivity contribution in [2.24, 2.45) is 5.92 Å². The van der Waals surface area contributed by atoms with Gasteiger partial charge in [-0.05, 0) is 59.1 Å². The monoisotopic (exact) mass is 459 g/mol. The average Bonchev–Trinajstić information content (AvgIpc) is 3.16. The molecule has 0 radical (unpaired) electrons. The van der Waals surface area contributed by atoms with E-state index in [0.29, 0.717) is 19.4 Å². The number of amides is 2. The molecule has 8 heteroatoms. The molecule has 2 aliphatic rings. The maximum atomic E-state index is 13.1. The molecule has 1 aromatic carbocycles. The van der Waals surface area contributed by atoms with Crippen molar-refractivity contribution in [2.75, 3.05) is 20.7 Å². The van der Waals surface area contributed by atoms with Gasteiger partial charge in [0.25, 0.3) is 0 Å². The highest BCUT2D eigenvalue weighted by molar-refractivity contribution is 5.88. The van der Waals surface area contributed by atoms with Crippen LogP contribution in [-0.4, -0.2) is 72.1 Å². The third-order valence-corrected chi connectivity index (χ3v) is 7.04. The van der Waals surface area contributed by atoms with Crippen LogP contribution in [0.1, 0.15) is 52.0 Å². The summed E-state index contributed by atoms with van der Waals surface area (Å²) in [7, 11) is 3.48. The SMILES string of the molecule is COC(=O)C1CC(N(C)C(C)(C)C)CCC1N1CC[C@H](NC(=O)OCc2ccccc2)C1=O. The van der Waals surface area contributed by atoms with Crippen molar-refractivity contribution in [1.82, 2.24) is 15.1 Å². The number of benzene rings is 1. The molecule has 4 atom stereocenters. The molecule has 1 aliphatic carbocycles. The van der Waals surface area contributed by atoms with E-state index in [1.54, 1.807) is 4.90 Å². The van der Waals surface area contributed by atoms with E-state index < -0.39 is 12.1 Å². The highest BCUT2D eigenvalue weighted by atomic mass is 16.5. The summed E-state index contributed by atoms with van der Waals surface area (Å²) >= 11 is 0. The molecule has 2 amide bonds. The number of nitrogens with zero attached hydrogens (tertiary/aromatic N) is 2. The lowest BCUT2D eigenvalue weighted by atomic mass is 9.79. The number of nitrogens with one attached hydrogen (secondary N) is 1. The summed E-state index contributed by atoms with van der Waals surface area (Å²) in [5.74, 6) is -0.821. The minimum absolute atomic E-state index is 0.0171. The fraction of sp³-hybridized carbons (Fsp3) is 0.640. The van der Waals surface area contributed by atoms with Crippen molar-refractivity contribution in [1.29, 1.82) is 0 Å². The molecule has 33 heavy (non-hydrogen) atoms. The van der Waals surface area contributed by atoms with Gasteiger partial charge >= 0.3 is 12.1 Å². The number of hydrogen-bond acceptors (Lipinski definition) is 6. The smallest absolute Gasteiger partial charge is 0.408 e. The van der Waals surface area contributed by atoms with Crippen LogP contribution in [0, 0.1) is 5.92 Å². The first-order valence-corrected chi connectivity index (χ1v) is 11.7. The molecule has 1 heterocycles. The molecule has 1 aromatic rings. The van der Waals surface area contributed by atoms with E-state index >= 15 is 0 Å². The first-order chi connectivity index (χ1) is 15.6. The van der Waals surface area contributed by atoms with Crippen LogP contribution in [0.2, 0.25) is 0 Å². The number of methoxy groups -OCH3 is 1. The molecular weight excluding hydrogens is 422 g/mol. The fourth-order valence-corrected chi connectivity index (χ4v) is 4.88. The van der Waals surface area contributed by atoms with E-state index in [1.807, 2.05) is 30.3 Å². The van der Waals surface area contributed by atoms with Crippen molar-refractivity contribution < 1.29 is 23.9 Å². The summed E-state index contributed by atoms with van der Waals surface area (Å²) in [5.41, 5.74) is 0.862. The summed E-state index contributed by atoms with van der Waals surface area (Å²) in [6, 6.07) is 8.77. The topological polar surface area (TPSA) is 88.2 Å². The molecule has 2 fully saturated rings. The number of ether oxygens (including phenoxy) is 2.